The van der Waals surface area contributed by atoms with Crippen LogP contribution >= 0.6 is 0 Å². The summed E-state index contributed by atoms with van der Waals surface area (Å²) in [7, 11) is 1.88. The van der Waals surface area contributed by atoms with E-state index in [0.29, 0.717) is 19.8 Å². The third-order valence-electron chi connectivity index (χ3n) is 2.21. The molecule has 0 radical (unpaired) electrons. The molecule has 0 amide bonds. The number of aryl methyl sites for hydroxylation is 1. The standard InChI is InChI=1S/C11H21N3O2/c1-3-4-15-5-6-16-11(7-12)10-8-13-14(2)9-10/h8-9,11H,3-7,12H2,1-2H3. The van der Waals surface area contributed by atoms with E-state index in [1.165, 1.54) is 0 Å². The summed E-state index contributed by atoms with van der Waals surface area (Å²) >= 11 is 0. The van der Waals surface area contributed by atoms with Crippen molar-refractivity contribution in [3.05, 3.63) is 18.0 Å². The predicted octanol–water partition coefficient (Wildman–Crippen LogP) is 0.863. The minimum atomic E-state index is -0.0843. The maximum absolute atomic E-state index is 5.65. The summed E-state index contributed by atoms with van der Waals surface area (Å²) in [6, 6.07) is 0. The summed E-state index contributed by atoms with van der Waals surface area (Å²) in [5, 5.41) is 4.09. The second-order valence-corrected chi connectivity index (χ2v) is 3.65. The third kappa shape index (κ3) is 4.30. The molecule has 5 heteroatoms. The highest BCUT2D eigenvalue weighted by Crippen LogP contribution is 2.14. The van der Waals surface area contributed by atoms with E-state index in [1.807, 2.05) is 13.2 Å². The molecule has 1 unspecified atom stereocenters. The van der Waals surface area contributed by atoms with Crippen LogP contribution in [0, 0.1) is 0 Å². The Morgan fingerprint density at radius 1 is 1.44 bits per heavy atom. The van der Waals surface area contributed by atoms with Gasteiger partial charge in [0.05, 0.1) is 25.5 Å². The number of hydrogen-bond donors (Lipinski definition) is 1. The molecule has 1 rings (SSSR count). The largest absolute Gasteiger partial charge is 0.379 e. The van der Waals surface area contributed by atoms with E-state index >= 15 is 0 Å². The molecular weight excluding hydrogens is 206 g/mol. The molecule has 0 bridgehead atoms. The van der Waals surface area contributed by atoms with Crippen LogP contribution < -0.4 is 5.73 Å². The van der Waals surface area contributed by atoms with Gasteiger partial charge in [0.25, 0.3) is 0 Å². The molecule has 0 fully saturated rings. The first-order valence-corrected chi connectivity index (χ1v) is 5.65. The molecule has 1 atom stereocenters. The second-order valence-electron chi connectivity index (χ2n) is 3.65. The Balaban J connectivity index is 2.27. The zero-order valence-corrected chi connectivity index (χ0v) is 10.1. The number of aromatic nitrogens is 2. The highest BCUT2D eigenvalue weighted by atomic mass is 16.5. The Morgan fingerprint density at radius 3 is 2.81 bits per heavy atom. The smallest absolute Gasteiger partial charge is 0.0978 e. The molecule has 1 aromatic heterocycles. The van der Waals surface area contributed by atoms with Crippen LogP contribution in [0.5, 0.6) is 0 Å². The lowest BCUT2D eigenvalue weighted by molar-refractivity contribution is 0.00763. The van der Waals surface area contributed by atoms with Crippen molar-refractivity contribution in [1.29, 1.82) is 0 Å². The van der Waals surface area contributed by atoms with Gasteiger partial charge in [-0.1, -0.05) is 6.92 Å². The third-order valence-corrected chi connectivity index (χ3v) is 2.21. The van der Waals surface area contributed by atoms with Crippen LogP contribution in [0.1, 0.15) is 25.0 Å². The van der Waals surface area contributed by atoms with Crippen molar-refractivity contribution in [3.63, 3.8) is 0 Å². The van der Waals surface area contributed by atoms with Crippen molar-refractivity contribution >= 4 is 0 Å². The Morgan fingerprint density at radius 2 is 2.25 bits per heavy atom. The van der Waals surface area contributed by atoms with Gasteiger partial charge in [0.15, 0.2) is 0 Å². The SMILES string of the molecule is CCCOCCOC(CN)c1cnn(C)c1. The van der Waals surface area contributed by atoms with Crippen molar-refractivity contribution in [2.45, 2.75) is 19.4 Å². The molecule has 92 valence electrons. The predicted molar refractivity (Wildman–Crippen MR) is 62.1 cm³/mol. The highest BCUT2D eigenvalue weighted by molar-refractivity contribution is 5.08. The Labute approximate surface area is 96.5 Å². The van der Waals surface area contributed by atoms with Crippen molar-refractivity contribution in [3.8, 4) is 0 Å². The van der Waals surface area contributed by atoms with Crippen LogP contribution in [-0.4, -0.2) is 36.1 Å². The minimum Gasteiger partial charge on any atom is -0.379 e. The van der Waals surface area contributed by atoms with Gasteiger partial charge < -0.3 is 15.2 Å². The molecule has 0 aromatic carbocycles. The van der Waals surface area contributed by atoms with E-state index in [1.54, 1.807) is 10.9 Å². The maximum Gasteiger partial charge on any atom is 0.0978 e. The Kier molecular flexibility index (Phi) is 6.07. The fourth-order valence-corrected chi connectivity index (χ4v) is 1.40. The average Bonchev–Trinajstić information content (AvgIpc) is 2.70. The fraction of sp³-hybridized carbons (Fsp3) is 0.727. The summed E-state index contributed by atoms with van der Waals surface area (Å²) in [5.41, 5.74) is 6.67. The number of ether oxygens (including phenoxy) is 2. The van der Waals surface area contributed by atoms with Gasteiger partial charge in [0.1, 0.15) is 0 Å². The van der Waals surface area contributed by atoms with Gasteiger partial charge in [-0.3, -0.25) is 4.68 Å². The number of nitrogens with two attached hydrogens (primary N) is 1. The zero-order chi connectivity index (χ0) is 11.8. The average molecular weight is 227 g/mol. The molecule has 0 saturated carbocycles. The highest BCUT2D eigenvalue weighted by Gasteiger charge is 2.11. The van der Waals surface area contributed by atoms with Gasteiger partial charge in [-0.15, -0.1) is 0 Å². The van der Waals surface area contributed by atoms with Gasteiger partial charge in [-0.2, -0.15) is 5.10 Å². The molecule has 0 aliphatic rings. The van der Waals surface area contributed by atoms with Crippen molar-refractivity contribution < 1.29 is 9.47 Å². The number of nitrogens with zero attached hydrogens (tertiary/aromatic N) is 2. The minimum absolute atomic E-state index is 0.0843. The number of rotatable bonds is 8. The lowest BCUT2D eigenvalue weighted by Crippen LogP contribution is -2.18. The molecular formula is C11H21N3O2. The molecule has 0 spiro atoms. The molecule has 1 aromatic rings. The lowest BCUT2D eigenvalue weighted by atomic mass is 10.2. The summed E-state index contributed by atoms with van der Waals surface area (Å²) < 4.78 is 12.7. The van der Waals surface area contributed by atoms with Crippen molar-refractivity contribution in [2.75, 3.05) is 26.4 Å². The summed E-state index contributed by atoms with van der Waals surface area (Å²) in [5.74, 6) is 0. The zero-order valence-electron chi connectivity index (χ0n) is 10.1. The van der Waals surface area contributed by atoms with Crippen LogP contribution in [0.4, 0.5) is 0 Å². The van der Waals surface area contributed by atoms with Crippen molar-refractivity contribution in [1.82, 2.24) is 9.78 Å². The van der Waals surface area contributed by atoms with Gasteiger partial charge in [0.2, 0.25) is 0 Å². The summed E-state index contributed by atoms with van der Waals surface area (Å²) in [4.78, 5) is 0. The van der Waals surface area contributed by atoms with E-state index in [0.717, 1.165) is 18.6 Å². The fourth-order valence-electron chi connectivity index (χ4n) is 1.40. The van der Waals surface area contributed by atoms with Crippen LogP contribution in [-0.2, 0) is 16.5 Å². The summed E-state index contributed by atoms with van der Waals surface area (Å²) in [6.07, 6.45) is 4.65. The molecule has 0 aliphatic carbocycles. The first kappa shape index (κ1) is 13.2. The Bertz CT molecular complexity index is 289. The van der Waals surface area contributed by atoms with E-state index in [-0.39, 0.29) is 6.10 Å². The normalized spacial score (nSPS) is 12.9. The van der Waals surface area contributed by atoms with Crippen LogP contribution in [0.15, 0.2) is 12.4 Å². The van der Waals surface area contributed by atoms with Gasteiger partial charge in [0, 0.05) is 32.0 Å². The maximum atomic E-state index is 5.65. The molecule has 1 heterocycles. The lowest BCUT2D eigenvalue weighted by Gasteiger charge is -2.14. The van der Waals surface area contributed by atoms with Gasteiger partial charge >= 0.3 is 0 Å². The van der Waals surface area contributed by atoms with E-state index in [9.17, 15) is 0 Å². The molecule has 0 aliphatic heterocycles. The molecule has 0 saturated heterocycles. The van der Waals surface area contributed by atoms with Crippen molar-refractivity contribution in [2.24, 2.45) is 12.8 Å². The first-order chi connectivity index (χ1) is 7.77. The first-order valence-electron chi connectivity index (χ1n) is 5.65. The van der Waals surface area contributed by atoms with E-state index in [4.69, 9.17) is 15.2 Å². The van der Waals surface area contributed by atoms with Crippen LogP contribution in [0.3, 0.4) is 0 Å². The molecule has 16 heavy (non-hydrogen) atoms. The Hall–Kier alpha value is -0.910. The van der Waals surface area contributed by atoms with E-state index < -0.39 is 0 Å². The monoisotopic (exact) mass is 227 g/mol. The quantitative estimate of drug-likeness (QED) is 0.669. The van der Waals surface area contributed by atoms with Crippen LogP contribution in [0.25, 0.3) is 0 Å². The van der Waals surface area contributed by atoms with Gasteiger partial charge in [-0.05, 0) is 6.42 Å². The second kappa shape index (κ2) is 7.38. The summed E-state index contributed by atoms with van der Waals surface area (Å²) in [6.45, 7) is 4.50. The molecule has 5 nitrogen and oxygen atoms in total. The van der Waals surface area contributed by atoms with Crippen LogP contribution in [0.2, 0.25) is 0 Å². The molecule has 2 N–H and O–H groups in total. The number of hydrogen-bond acceptors (Lipinski definition) is 4. The van der Waals surface area contributed by atoms with Gasteiger partial charge in [-0.25, -0.2) is 0 Å². The van der Waals surface area contributed by atoms with E-state index in [2.05, 4.69) is 12.0 Å². The topological polar surface area (TPSA) is 62.3 Å².